The van der Waals surface area contributed by atoms with Gasteiger partial charge in [-0.15, -0.1) is 0 Å². The molecule has 0 aliphatic carbocycles. The predicted octanol–water partition coefficient (Wildman–Crippen LogP) is 3.65. The fraction of sp³-hybridized carbons (Fsp3) is 0.562. The van der Waals surface area contributed by atoms with Gasteiger partial charge in [-0.1, -0.05) is 26.0 Å². The van der Waals surface area contributed by atoms with Crippen molar-refractivity contribution < 1.29 is 22.7 Å². The molecule has 0 radical (unpaired) electrons. The second kappa shape index (κ2) is 6.69. The second-order valence-corrected chi connectivity index (χ2v) is 6.01. The van der Waals surface area contributed by atoms with Gasteiger partial charge in [0.05, 0.1) is 30.9 Å². The van der Waals surface area contributed by atoms with Crippen molar-refractivity contribution in [2.75, 3.05) is 13.2 Å². The standard InChI is InChI=1S/C16H20F3NO2/c1-11(2)7-14-8-22-9-15(20(14)10-21)12-3-5-13(6-4-12)16(17,18)19/h3-6,10-11,14-15H,7-9H2,1-2H3/t14-,15-/m0/s1. The van der Waals surface area contributed by atoms with Gasteiger partial charge in [0, 0.05) is 0 Å². The van der Waals surface area contributed by atoms with Gasteiger partial charge < -0.3 is 9.64 Å². The van der Waals surface area contributed by atoms with E-state index in [-0.39, 0.29) is 12.1 Å². The normalized spacial score (nSPS) is 22.9. The van der Waals surface area contributed by atoms with Gasteiger partial charge in [-0.25, -0.2) is 0 Å². The fourth-order valence-corrected chi connectivity index (χ4v) is 2.80. The van der Waals surface area contributed by atoms with Crippen LogP contribution in [0.4, 0.5) is 13.2 Å². The van der Waals surface area contributed by atoms with Crippen LogP contribution in [0.3, 0.4) is 0 Å². The van der Waals surface area contributed by atoms with E-state index in [1.807, 2.05) is 0 Å². The molecule has 122 valence electrons. The van der Waals surface area contributed by atoms with Crippen molar-refractivity contribution in [2.45, 2.75) is 38.5 Å². The number of alkyl halides is 3. The maximum atomic E-state index is 12.6. The molecule has 1 aromatic carbocycles. The summed E-state index contributed by atoms with van der Waals surface area (Å²) in [7, 11) is 0. The van der Waals surface area contributed by atoms with Crippen LogP contribution in [0.15, 0.2) is 24.3 Å². The Bertz CT molecular complexity index is 499. The van der Waals surface area contributed by atoms with Crippen LogP contribution >= 0.6 is 0 Å². The summed E-state index contributed by atoms with van der Waals surface area (Å²) in [6.07, 6.45) is -2.78. The summed E-state index contributed by atoms with van der Waals surface area (Å²) in [5.41, 5.74) is -0.0297. The molecule has 6 heteroatoms. The first-order chi connectivity index (χ1) is 10.3. The number of carbonyl (C=O) groups excluding carboxylic acids is 1. The summed E-state index contributed by atoms with van der Waals surface area (Å²) in [4.78, 5) is 13.1. The average Bonchev–Trinajstić information content (AvgIpc) is 2.45. The molecule has 0 bridgehead atoms. The average molecular weight is 315 g/mol. The van der Waals surface area contributed by atoms with Crippen molar-refractivity contribution >= 4 is 6.41 Å². The van der Waals surface area contributed by atoms with Crippen LogP contribution in [-0.2, 0) is 15.7 Å². The Morgan fingerprint density at radius 3 is 2.41 bits per heavy atom. The molecule has 0 aromatic heterocycles. The first kappa shape index (κ1) is 16.8. The van der Waals surface area contributed by atoms with Crippen LogP contribution in [0.25, 0.3) is 0 Å². The van der Waals surface area contributed by atoms with Crippen molar-refractivity contribution in [3.05, 3.63) is 35.4 Å². The minimum Gasteiger partial charge on any atom is -0.377 e. The third-order valence-electron chi connectivity index (χ3n) is 3.86. The van der Waals surface area contributed by atoms with Crippen molar-refractivity contribution in [3.8, 4) is 0 Å². The summed E-state index contributed by atoms with van der Waals surface area (Å²) < 4.78 is 43.4. The number of hydrogen-bond donors (Lipinski definition) is 0. The smallest absolute Gasteiger partial charge is 0.377 e. The molecule has 1 aliphatic heterocycles. The molecular weight excluding hydrogens is 295 g/mol. The predicted molar refractivity (Wildman–Crippen MR) is 76.2 cm³/mol. The first-order valence-corrected chi connectivity index (χ1v) is 7.30. The molecule has 22 heavy (non-hydrogen) atoms. The Morgan fingerprint density at radius 2 is 1.91 bits per heavy atom. The number of ether oxygens (including phenoxy) is 1. The first-order valence-electron chi connectivity index (χ1n) is 7.30. The Kier molecular flexibility index (Phi) is 5.11. The largest absolute Gasteiger partial charge is 0.416 e. The monoisotopic (exact) mass is 315 g/mol. The molecule has 0 saturated carbocycles. The number of nitrogens with zero attached hydrogens (tertiary/aromatic N) is 1. The Labute approximate surface area is 128 Å². The number of rotatable bonds is 4. The number of amides is 1. The van der Waals surface area contributed by atoms with Crippen LogP contribution in [0.2, 0.25) is 0 Å². The van der Waals surface area contributed by atoms with Gasteiger partial charge in [0.25, 0.3) is 0 Å². The lowest BCUT2D eigenvalue weighted by Gasteiger charge is -2.40. The van der Waals surface area contributed by atoms with Crippen LogP contribution in [-0.4, -0.2) is 30.6 Å². The second-order valence-electron chi connectivity index (χ2n) is 6.01. The van der Waals surface area contributed by atoms with Crippen molar-refractivity contribution in [1.29, 1.82) is 0 Å². The molecule has 0 spiro atoms. The molecule has 1 aliphatic rings. The van der Waals surface area contributed by atoms with E-state index < -0.39 is 11.7 Å². The Hall–Kier alpha value is -1.56. The zero-order valence-electron chi connectivity index (χ0n) is 12.6. The zero-order valence-corrected chi connectivity index (χ0v) is 12.6. The van der Waals surface area contributed by atoms with Crippen LogP contribution in [0.5, 0.6) is 0 Å². The van der Waals surface area contributed by atoms with Crippen molar-refractivity contribution in [3.63, 3.8) is 0 Å². The molecule has 1 heterocycles. The van der Waals surface area contributed by atoms with Gasteiger partial charge in [0.1, 0.15) is 0 Å². The Morgan fingerprint density at radius 1 is 1.27 bits per heavy atom. The molecule has 1 amide bonds. The van der Waals surface area contributed by atoms with Crippen molar-refractivity contribution in [1.82, 2.24) is 4.90 Å². The van der Waals surface area contributed by atoms with Gasteiger partial charge in [0.2, 0.25) is 6.41 Å². The van der Waals surface area contributed by atoms with E-state index in [1.165, 1.54) is 12.1 Å². The molecule has 3 nitrogen and oxygen atoms in total. The minimum atomic E-state index is -4.36. The van der Waals surface area contributed by atoms with Gasteiger partial charge in [0.15, 0.2) is 0 Å². The number of benzene rings is 1. The number of hydrogen-bond acceptors (Lipinski definition) is 2. The lowest BCUT2D eigenvalue weighted by atomic mass is 9.97. The van der Waals surface area contributed by atoms with Gasteiger partial charge in [-0.2, -0.15) is 13.2 Å². The molecule has 0 N–H and O–H groups in total. The summed E-state index contributed by atoms with van der Waals surface area (Å²) in [5.74, 6) is 0.405. The summed E-state index contributed by atoms with van der Waals surface area (Å²) in [6.45, 7) is 4.89. The molecule has 1 aromatic rings. The van der Waals surface area contributed by atoms with E-state index in [2.05, 4.69) is 13.8 Å². The van der Waals surface area contributed by atoms with E-state index in [0.29, 0.717) is 24.7 Å². The number of carbonyl (C=O) groups is 1. The topological polar surface area (TPSA) is 29.5 Å². The number of halogens is 3. The highest BCUT2D eigenvalue weighted by atomic mass is 19.4. The van der Waals surface area contributed by atoms with E-state index >= 15 is 0 Å². The van der Waals surface area contributed by atoms with Gasteiger partial charge in [-0.3, -0.25) is 4.79 Å². The zero-order chi connectivity index (χ0) is 16.3. The molecule has 0 unspecified atom stereocenters. The molecular formula is C16H20F3NO2. The maximum absolute atomic E-state index is 12.6. The highest BCUT2D eigenvalue weighted by Crippen LogP contribution is 2.32. The quantitative estimate of drug-likeness (QED) is 0.794. The van der Waals surface area contributed by atoms with E-state index in [9.17, 15) is 18.0 Å². The summed E-state index contributed by atoms with van der Waals surface area (Å²) in [6, 6.07) is 4.56. The van der Waals surface area contributed by atoms with Gasteiger partial charge in [-0.05, 0) is 30.0 Å². The lowest BCUT2D eigenvalue weighted by molar-refractivity contribution is -0.138. The fourth-order valence-electron chi connectivity index (χ4n) is 2.80. The van der Waals surface area contributed by atoms with E-state index in [1.54, 1.807) is 4.90 Å². The van der Waals surface area contributed by atoms with Crippen molar-refractivity contribution in [2.24, 2.45) is 5.92 Å². The highest BCUT2D eigenvalue weighted by Gasteiger charge is 2.33. The highest BCUT2D eigenvalue weighted by molar-refractivity contribution is 5.50. The van der Waals surface area contributed by atoms with E-state index in [4.69, 9.17) is 4.74 Å². The van der Waals surface area contributed by atoms with Crippen LogP contribution in [0.1, 0.15) is 37.4 Å². The molecule has 1 fully saturated rings. The third kappa shape index (κ3) is 3.80. The Balaban J connectivity index is 2.20. The van der Waals surface area contributed by atoms with E-state index in [0.717, 1.165) is 25.0 Å². The molecule has 1 saturated heterocycles. The minimum absolute atomic E-state index is 0.0430. The number of morpholine rings is 1. The molecule has 2 rings (SSSR count). The third-order valence-corrected chi connectivity index (χ3v) is 3.86. The SMILES string of the molecule is CC(C)C[C@H]1COC[C@@H](c2ccc(C(F)(F)F)cc2)N1C=O. The van der Waals surface area contributed by atoms with Gasteiger partial charge >= 0.3 is 6.18 Å². The summed E-state index contributed by atoms with van der Waals surface area (Å²) >= 11 is 0. The summed E-state index contributed by atoms with van der Waals surface area (Å²) in [5, 5.41) is 0. The van der Waals surface area contributed by atoms with Crippen LogP contribution < -0.4 is 0 Å². The maximum Gasteiger partial charge on any atom is 0.416 e. The molecule has 2 atom stereocenters. The van der Waals surface area contributed by atoms with Crippen LogP contribution in [0, 0.1) is 5.92 Å². The lowest BCUT2D eigenvalue weighted by Crippen LogP contribution is -2.47.